The first-order valence-corrected chi connectivity index (χ1v) is 5.32. The largest absolute Gasteiger partial charge is 0.469 e. The Labute approximate surface area is 100 Å². The van der Waals surface area contributed by atoms with Crippen LogP contribution in [0, 0.1) is 0 Å². The normalized spacial score (nSPS) is 22.1. The Morgan fingerprint density at radius 1 is 1.35 bits per heavy atom. The Bertz CT molecular complexity index is 385. The molecular weight excluding hydrogens is 224 g/mol. The quantitative estimate of drug-likeness (QED) is 0.584. The molecule has 6 nitrogen and oxygen atoms in total. The summed E-state index contributed by atoms with van der Waals surface area (Å²) < 4.78 is 4.44. The molecule has 0 aromatic heterocycles. The lowest BCUT2D eigenvalue weighted by molar-refractivity contribution is -0.188. The van der Waals surface area contributed by atoms with E-state index in [4.69, 9.17) is 0 Å². The van der Waals surface area contributed by atoms with Crippen LogP contribution in [0.2, 0.25) is 0 Å². The van der Waals surface area contributed by atoms with Crippen LogP contribution in [0.4, 0.5) is 0 Å². The minimum Gasteiger partial charge on any atom is -0.469 e. The zero-order valence-electron chi connectivity index (χ0n) is 10.8. The molecule has 96 valence electrons. The lowest BCUT2D eigenvalue weighted by atomic mass is 9.94. The van der Waals surface area contributed by atoms with Crippen molar-refractivity contribution in [2.45, 2.75) is 45.3 Å². The number of ether oxygens (including phenoxy) is 1. The fourth-order valence-corrected chi connectivity index (χ4v) is 1.93. The van der Waals surface area contributed by atoms with Gasteiger partial charge in [-0.15, -0.1) is 0 Å². The zero-order chi connectivity index (χ0) is 13.4. The molecule has 0 radical (unpaired) electrons. The fourth-order valence-electron chi connectivity index (χ4n) is 1.93. The highest BCUT2D eigenvalue weighted by molar-refractivity contribution is 6.45. The first-order valence-electron chi connectivity index (χ1n) is 5.32. The highest BCUT2D eigenvalue weighted by Gasteiger charge is 2.49. The molecule has 6 heteroatoms. The summed E-state index contributed by atoms with van der Waals surface area (Å²) in [4.78, 5) is 27.1. The lowest BCUT2D eigenvalue weighted by Crippen LogP contribution is -2.51. The van der Waals surface area contributed by atoms with Gasteiger partial charge in [0.1, 0.15) is 17.8 Å². The van der Waals surface area contributed by atoms with Gasteiger partial charge in [-0.3, -0.25) is 14.6 Å². The maximum atomic E-state index is 11.9. The van der Waals surface area contributed by atoms with Crippen molar-refractivity contribution in [3.05, 3.63) is 0 Å². The Hall–Kier alpha value is -1.27. The van der Waals surface area contributed by atoms with Gasteiger partial charge in [-0.2, -0.15) is 5.06 Å². The molecule has 1 aliphatic rings. The second kappa shape index (κ2) is 4.19. The summed E-state index contributed by atoms with van der Waals surface area (Å²) in [5, 5.41) is 11.0. The second-order valence-electron chi connectivity index (χ2n) is 5.00. The summed E-state index contributed by atoms with van der Waals surface area (Å²) in [5.74, 6) is -1.03. The minimum absolute atomic E-state index is 0.190. The highest BCUT2D eigenvalue weighted by Crippen LogP contribution is 2.33. The lowest BCUT2D eigenvalue weighted by Gasteiger charge is -2.33. The van der Waals surface area contributed by atoms with Gasteiger partial charge in [-0.05, 0) is 27.7 Å². The predicted octanol–water partition coefficient (Wildman–Crippen LogP) is 0.779. The Kier molecular flexibility index (Phi) is 3.40. The average Bonchev–Trinajstić information content (AvgIpc) is 2.39. The molecule has 0 bridgehead atoms. The van der Waals surface area contributed by atoms with E-state index in [-0.39, 0.29) is 12.1 Å². The number of aliphatic imine (C=N–C) groups is 1. The van der Waals surface area contributed by atoms with E-state index in [0.717, 1.165) is 5.06 Å². The first-order chi connectivity index (χ1) is 7.63. The summed E-state index contributed by atoms with van der Waals surface area (Å²) in [7, 11) is 1.22. The number of Topliss-reactive ketones (excluding diaryl/α,β-unsaturated/α-hetero) is 1. The minimum atomic E-state index is -0.908. The third kappa shape index (κ3) is 2.37. The van der Waals surface area contributed by atoms with E-state index in [1.165, 1.54) is 7.11 Å². The van der Waals surface area contributed by atoms with Gasteiger partial charge >= 0.3 is 5.97 Å². The monoisotopic (exact) mass is 242 g/mol. The maximum absolute atomic E-state index is 11.9. The van der Waals surface area contributed by atoms with Gasteiger partial charge in [0.2, 0.25) is 0 Å². The maximum Gasteiger partial charge on any atom is 0.313 e. The third-order valence-electron chi connectivity index (χ3n) is 2.81. The van der Waals surface area contributed by atoms with Crippen molar-refractivity contribution < 1.29 is 19.5 Å². The van der Waals surface area contributed by atoms with Crippen molar-refractivity contribution in [1.82, 2.24) is 5.06 Å². The van der Waals surface area contributed by atoms with Crippen molar-refractivity contribution in [2.75, 3.05) is 7.11 Å². The van der Waals surface area contributed by atoms with Crippen molar-refractivity contribution in [3.63, 3.8) is 0 Å². The predicted molar refractivity (Wildman–Crippen MR) is 60.9 cm³/mol. The van der Waals surface area contributed by atoms with Gasteiger partial charge in [0, 0.05) is 0 Å². The van der Waals surface area contributed by atoms with E-state index in [1.54, 1.807) is 27.7 Å². The van der Waals surface area contributed by atoms with E-state index in [0.29, 0.717) is 0 Å². The van der Waals surface area contributed by atoms with Crippen molar-refractivity contribution in [3.8, 4) is 0 Å². The molecule has 0 aromatic rings. The van der Waals surface area contributed by atoms with Crippen LogP contribution in [-0.2, 0) is 14.3 Å². The summed E-state index contributed by atoms with van der Waals surface area (Å²) in [6, 6.07) is 0. The van der Waals surface area contributed by atoms with Crippen LogP contribution < -0.4 is 0 Å². The van der Waals surface area contributed by atoms with E-state index in [2.05, 4.69) is 9.73 Å². The number of carbonyl (C=O) groups excluding carboxylic acids is 2. The molecule has 0 saturated carbocycles. The topological polar surface area (TPSA) is 79.2 Å². The summed E-state index contributed by atoms with van der Waals surface area (Å²) in [6.45, 7) is 6.73. The number of rotatable bonds is 3. The number of methoxy groups -OCH3 is 1. The van der Waals surface area contributed by atoms with Gasteiger partial charge in [-0.25, -0.2) is 0 Å². The van der Waals surface area contributed by atoms with Crippen LogP contribution in [0.25, 0.3) is 0 Å². The molecule has 0 saturated heterocycles. The molecule has 0 amide bonds. The zero-order valence-corrected chi connectivity index (χ0v) is 10.8. The smallest absolute Gasteiger partial charge is 0.313 e. The Morgan fingerprint density at radius 3 is 2.24 bits per heavy atom. The van der Waals surface area contributed by atoms with Gasteiger partial charge in [0.25, 0.3) is 0 Å². The molecule has 1 aliphatic heterocycles. The number of nitrogens with zero attached hydrogens (tertiary/aromatic N) is 2. The molecule has 17 heavy (non-hydrogen) atoms. The van der Waals surface area contributed by atoms with Gasteiger partial charge in [0.05, 0.1) is 12.6 Å². The van der Waals surface area contributed by atoms with Crippen molar-refractivity contribution in [2.24, 2.45) is 4.99 Å². The fraction of sp³-hybridized carbons (Fsp3) is 0.727. The number of esters is 1. The van der Waals surface area contributed by atoms with Gasteiger partial charge in [-0.1, -0.05) is 0 Å². The molecular formula is C11H18N2O4. The van der Waals surface area contributed by atoms with Gasteiger partial charge in [0.15, 0.2) is 5.78 Å². The highest BCUT2D eigenvalue weighted by atomic mass is 16.5. The Morgan fingerprint density at radius 2 is 1.88 bits per heavy atom. The number of carbonyl (C=O) groups is 2. The van der Waals surface area contributed by atoms with Crippen LogP contribution in [0.15, 0.2) is 4.99 Å². The Balaban J connectivity index is 2.98. The SMILES string of the molecule is COC(=O)CC(=O)C1=NC(C)(C)N(O)C1(C)C. The van der Waals surface area contributed by atoms with Crippen molar-refractivity contribution >= 4 is 17.5 Å². The molecule has 0 fully saturated rings. The summed E-state index contributed by atoms with van der Waals surface area (Å²) >= 11 is 0. The van der Waals surface area contributed by atoms with Crippen LogP contribution in [0.5, 0.6) is 0 Å². The summed E-state index contributed by atoms with van der Waals surface area (Å²) in [6.07, 6.45) is -0.358. The average molecular weight is 242 g/mol. The summed E-state index contributed by atoms with van der Waals surface area (Å²) in [5.41, 5.74) is -1.59. The van der Waals surface area contributed by atoms with Crippen LogP contribution in [-0.4, -0.2) is 46.0 Å². The number of hydrogen-bond acceptors (Lipinski definition) is 6. The van der Waals surface area contributed by atoms with Crippen LogP contribution in [0.3, 0.4) is 0 Å². The van der Waals surface area contributed by atoms with E-state index in [1.807, 2.05) is 0 Å². The second-order valence-corrected chi connectivity index (χ2v) is 5.00. The molecule has 1 N–H and O–H groups in total. The van der Waals surface area contributed by atoms with E-state index in [9.17, 15) is 14.8 Å². The number of ketones is 1. The van der Waals surface area contributed by atoms with Crippen LogP contribution >= 0.6 is 0 Å². The molecule has 0 aliphatic carbocycles. The van der Waals surface area contributed by atoms with E-state index >= 15 is 0 Å². The molecule has 0 atom stereocenters. The van der Waals surface area contributed by atoms with Gasteiger partial charge < -0.3 is 9.94 Å². The molecule has 0 spiro atoms. The number of hydrogen-bond donors (Lipinski definition) is 1. The van der Waals surface area contributed by atoms with E-state index < -0.39 is 23.0 Å². The molecule has 0 aromatic carbocycles. The number of hydroxylamine groups is 2. The standard InChI is InChI=1S/C11H18N2O4/c1-10(2)9(7(14)6-8(15)17-5)12-11(3,4)13(10)16/h16H,6H2,1-5H3. The van der Waals surface area contributed by atoms with Crippen molar-refractivity contribution in [1.29, 1.82) is 0 Å². The van der Waals surface area contributed by atoms with Crippen LogP contribution in [0.1, 0.15) is 34.1 Å². The molecule has 0 unspecified atom stereocenters. The first kappa shape index (κ1) is 13.8. The third-order valence-corrected chi connectivity index (χ3v) is 2.81. The molecule has 1 heterocycles. The molecule has 1 rings (SSSR count).